The lowest BCUT2D eigenvalue weighted by molar-refractivity contribution is 0.514. The second-order valence-corrected chi connectivity index (χ2v) is 6.31. The van der Waals surface area contributed by atoms with Crippen LogP contribution >= 0.6 is 22.9 Å². The fourth-order valence-electron chi connectivity index (χ4n) is 2.33. The summed E-state index contributed by atoms with van der Waals surface area (Å²) in [5.41, 5.74) is 2.40. The van der Waals surface area contributed by atoms with E-state index in [1.807, 2.05) is 4.68 Å². The number of rotatable bonds is 7. The highest BCUT2D eigenvalue weighted by molar-refractivity contribution is 7.10. The number of nitrogens with one attached hydrogen (secondary N) is 1. The van der Waals surface area contributed by atoms with E-state index in [1.165, 1.54) is 10.4 Å². The van der Waals surface area contributed by atoms with Crippen molar-refractivity contribution in [3.63, 3.8) is 0 Å². The van der Waals surface area contributed by atoms with Crippen LogP contribution in [-0.2, 0) is 6.54 Å². The van der Waals surface area contributed by atoms with Crippen LogP contribution in [0, 0.1) is 6.92 Å². The third-order valence-electron chi connectivity index (χ3n) is 3.30. The van der Waals surface area contributed by atoms with Crippen molar-refractivity contribution in [2.75, 3.05) is 6.54 Å². The second kappa shape index (κ2) is 7.25. The zero-order valence-corrected chi connectivity index (χ0v) is 13.9. The summed E-state index contributed by atoms with van der Waals surface area (Å²) in [5, 5.41) is 10.9. The molecule has 0 aliphatic heterocycles. The second-order valence-electron chi connectivity index (χ2n) is 4.96. The van der Waals surface area contributed by atoms with Crippen molar-refractivity contribution >= 4 is 22.9 Å². The minimum Gasteiger partial charge on any atom is -0.304 e. The molecule has 0 saturated carbocycles. The smallest absolute Gasteiger partial charge is 0.0859 e. The number of aryl methyl sites for hydroxylation is 2. The minimum atomic E-state index is 0.136. The Morgan fingerprint density at radius 3 is 2.80 bits per heavy atom. The molecular formula is C15H22ClN3S. The van der Waals surface area contributed by atoms with Gasteiger partial charge < -0.3 is 5.32 Å². The van der Waals surface area contributed by atoms with Crippen molar-refractivity contribution < 1.29 is 0 Å². The van der Waals surface area contributed by atoms with E-state index in [0.29, 0.717) is 0 Å². The monoisotopic (exact) mass is 311 g/mol. The molecular weight excluding hydrogens is 290 g/mol. The van der Waals surface area contributed by atoms with Gasteiger partial charge in [0.2, 0.25) is 0 Å². The van der Waals surface area contributed by atoms with Crippen LogP contribution in [0.25, 0.3) is 0 Å². The lowest BCUT2D eigenvalue weighted by Gasteiger charge is -2.20. The van der Waals surface area contributed by atoms with Gasteiger partial charge >= 0.3 is 0 Å². The van der Waals surface area contributed by atoms with Gasteiger partial charge in [-0.05, 0) is 43.3 Å². The van der Waals surface area contributed by atoms with Crippen molar-refractivity contribution in [2.24, 2.45) is 0 Å². The van der Waals surface area contributed by atoms with Crippen molar-refractivity contribution in [3.8, 4) is 0 Å². The van der Waals surface area contributed by atoms with E-state index < -0.39 is 0 Å². The van der Waals surface area contributed by atoms with Gasteiger partial charge in [0.05, 0.1) is 23.0 Å². The lowest BCUT2D eigenvalue weighted by atomic mass is 10.1. The molecule has 2 aromatic heterocycles. The molecule has 0 spiro atoms. The average Bonchev–Trinajstić information content (AvgIpc) is 3.00. The average molecular weight is 312 g/mol. The Morgan fingerprint density at radius 2 is 2.20 bits per heavy atom. The van der Waals surface area contributed by atoms with Crippen LogP contribution in [0.2, 0.25) is 5.02 Å². The van der Waals surface area contributed by atoms with Crippen molar-refractivity contribution in [1.82, 2.24) is 15.1 Å². The molecule has 0 aromatic carbocycles. The van der Waals surface area contributed by atoms with E-state index in [2.05, 4.69) is 42.6 Å². The zero-order chi connectivity index (χ0) is 14.5. The molecule has 0 aliphatic carbocycles. The number of halogens is 1. The van der Waals surface area contributed by atoms with E-state index in [9.17, 15) is 0 Å². The zero-order valence-electron chi connectivity index (χ0n) is 12.3. The Balaban J connectivity index is 2.41. The Bertz CT molecular complexity index is 547. The van der Waals surface area contributed by atoms with Crippen molar-refractivity contribution in [3.05, 3.63) is 38.8 Å². The lowest BCUT2D eigenvalue weighted by Crippen LogP contribution is -2.26. The van der Waals surface area contributed by atoms with E-state index in [4.69, 9.17) is 11.6 Å². The summed E-state index contributed by atoms with van der Waals surface area (Å²) in [5.74, 6) is 0. The summed E-state index contributed by atoms with van der Waals surface area (Å²) in [4.78, 5) is 1.33. The highest BCUT2D eigenvalue weighted by Crippen LogP contribution is 2.33. The molecule has 0 bridgehead atoms. The molecule has 1 N–H and O–H groups in total. The molecule has 3 nitrogen and oxygen atoms in total. The predicted octanol–water partition coefficient (Wildman–Crippen LogP) is 4.41. The van der Waals surface area contributed by atoms with Gasteiger partial charge in [0.15, 0.2) is 0 Å². The van der Waals surface area contributed by atoms with Gasteiger partial charge in [0, 0.05) is 11.4 Å². The molecule has 1 unspecified atom stereocenters. The van der Waals surface area contributed by atoms with Gasteiger partial charge in [-0.3, -0.25) is 4.68 Å². The van der Waals surface area contributed by atoms with E-state index in [0.717, 1.165) is 36.6 Å². The standard InChI is InChI=1S/C15H22ClN3S/c1-4-7-17-13(15-11(3)6-9-20-15)14-12(16)10-18-19(14)8-5-2/h6,9-10,13,17H,4-5,7-8H2,1-3H3. The predicted molar refractivity (Wildman–Crippen MR) is 86.7 cm³/mol. The third kappa shape index (κ3) is 3.25. The largest absolute Gasteiger partial charge is 0.304 e. The molecule has 0 radical (unpaired) electrons. The van der Waals surface area contributed by atoms with Crippen molar-refractivity contribution in [2.45, 2.75) is 46.2 Å². The van der Waals surface area contributed by atoms with Crippen LogP contribution in [0.5, 0.6) is 0 Å². The number of thiophene rings is 1. The molecule has 0 aliphatic rings. The SMILES string of the molecule is CCCNC(c1sccc1C)c1c(Cl)cnn1CCC. The van der Waals surface area contributed by atoms with Gasteiger partial charge in [0.1, 0.15) is 0 Å². The molecule has 2 heterocycles. The summed E-state index contributed by atoms with van der Waals surface area (Å²) in [6, 6.07) is 2.30. The highest BCUT2D eigenvalue weighted by atomic mass is 35.5. The molecule has 0 saturated heterocycles. The number of nitrogens with zero attached hydrogens (tertiary/aromatic N) is 2. The van der Waals surface area contributed by atoms with Crippen LogP contribution in [0.1, 0.15) is 48.9 Å². The Hall–Kier alpha value is -0.840. The van der Waals surface area contributed by atoms with Gasteiger partial charge in [-0.2, -0.15) is 5.10 Å². The first-order valence-corrected chi connectivity index (χ1v) is 8.43. The fraction of sp³-hybridized carbons (Fsp3) is 0.533. The topological polar surface area (TPSA) is 29.9 Å². The number of hydrogen-bond acceptors (Lipinski definition) is 3. The molecule has 0 fully saturated rings. The van der Waals surface area contributed by atoms with Crippen LogP contribution in [0.3, 0.4) is 0 Å². The Morgan fingerprint density at radius 1 is 1.40 bits per heavy atom. The van der Waals surface area contributed by atoms with E-state index in [1.54, 1.807) is 17.5 Å². The first-order valence-electron chi connectivity index (χ1n) is 7.17. The summed E-state index contributed by atoms with van der Waals surface area (Å²) in [6.45, 7) is 8.35. The van der Waals surface area contributed by atoms with E-state index in [-0.39, 0.29) is 6.04 Å². The number of aromatic nitrogens is 2. The molecule has 2 aromatic rings. The van der Waals surface area contributed by atoms with Crippen LogP contribution < -0.4 is 5.32 Å². The summed E-state index contributed by atoms with van der Waals surface area (Å²) in [7, 11) is 0. The number of hydrogen-bond donors (Lipinski definition) is 1. The van der Waals surface area contributed by atoms with Gasteiger partial charge in [-0.1, -0.05) is 25.4 Å². The Labute approximate surface area is 130 Å². The minimum absolute atomic E-state index is 0.136. The summed E-state index contributed by atoms with van der Waals surface area (Å²) >= 11 is 8.18. The van der Waals surface area contributed by atoms with Crippen LogP contribution in [-0.4, -0.2) is 16.3 Å². The van der Waals surface area contributed by atoms with Gasteiger partial charge in [-0.15, -0.1) is 11.3 Å². The van der Waals surface area contributed by atoms with Crippen LogP contribution in [0.15, 0.2) is 17.6 Å². The quantitative estimate of drug-likeness (QED) is 0.821. The maximum Gasteiger partial charge on any atom is 0.0859 e. The normalized spacial score (nSPS) is 12.8. The van der Waals surface area contributed by atoms with Gasteiger partial charge in [0.25, 0.3) is 0 Å². The van der Waals surface area contributed by atoms with Gasteiger partial charge in [-0.25, -0.2) is 0 Å². The molecule has 5 heteroatoms. The fourth-order valence-corrected chi connectivity index (χ4v) is 3.59. The molecule has 2 rings (SSSR count). The van der Waals surface area contributed by atoms with Crippen molar-refractivity contribution in [1.29, 1.82) is 0 Å². The highest BCUT2D eigenvalue weighted by Gasteiger charge is 2.23. The molecule has 0 amide bonds. The van der Waals surface area contributed by atoms with E-state index >= 15 is 0 Å². The maximum atomic E-state index is 6.40. The summed E-state index contributed by atoms with van der Waals surface area (Å²) in [6.07, 6.45) is 3.91. The molecule has 1 atom stereocenters. The summed E-state index contributed by atoms with van der Waals surface area (Å²) < 4.78 is 2.04. The Kier molecular flexibility index (Phi) is 5.64. The molecule has 20 heavy (non-hydrogen) atoms. The molecule has 110 valence electrons. The first kappa shape index (κ1) is 15.5. The maximum absolute atomic E-state index is 6.40. The third-order valence-corrected chi connectivity index (χ3v) is 4.68. The first-order chi connectivity index (χ1) is 9.69. The van der Waals surface area contributed by atoms with Crippen LogP contribution in [0.4, 0.5) is 0 Å².